The van der Waals surface area contributed by atoms with Gasteiger partial charge in [-0.25, -0.2) is 9.78 Å². The van der Waals surface area contributed by atoms with E-state index in [4.69, 9.17) is 10.8 Å². The van der Waals surface area contributed by atoms with Gasteiger partial charge in [-0.05, 0) is 6.07 Å². The van der Waals surface area contributed by atoms with Crippen molar-refractivity contribution in [1.29, 1.82) is 0 Å². The first-order valence-corrected chi connectivity index (χ1v) is 3.27. The largest absolute Gasteiger partial charge is 0.512 e. The van der Waals surface area contributed by atoms with Gasteiger partial charge in [-0.1, -0.05) is 6.07 Å². The summed E-state index contributed by atoms with van der Waals surface area (Å²) in [5, 5.41) is 8.22. The van der Waals surface area contributed by atoms with Crippen molar-refractivity contribution in [2.75, 3.05) is 0 Å². The number of ether oxygens (including phenoxy) is 1. The second-order valence-electron chi connectivity index (χ2n) is 2.09. The number of aromatic nitrogens is 1. The Labute approximate surface area is 73.0 Å². The molecule has 0 aliphatic heterocycles. The standard InChI is InChI=1S/C7H6N2O4/c8-6(10)4-2-1-3-5(9-4)13-7(11)12/h1-3H,(H2,8,10)(H,11,12). The van der Waals surface area contributed by atoms with Crippen LogP contribution in [0.25, 0.3) is 0 Å². The average Bonchev–Trinajstić information content (AvgIpc) is 2.03. The first-order valence-electron chi connectivity index (χ1n) is 3.27. The number of nitrogens with zero attached hydrogens (tertiary/aromatic N) is 1. The van der Waals surface area contributed by atoms with Crippen molar-refractivity contribution in [3.8, 4) is 5.88 Å². The van der Waals surface area contributed by atoms with Crippen molar-refractivity contribution in [2.24, 2.45) is 5.73 Å². The highest BCUT2D eigenvalue weighted by molar-refractivity contribution is 5.90. The third-order valence-electron chi connectivity index (χ3n) is 1.17. The minimum atomic E-state index is -1.49. The van der Waals surface area contributed by atoms with Crippen molar-refractivity contribution in [3.05, 3.63) is 23.9 Å². The van der Waals surface area contributed by atoms with Crippen molar-refractivity contribution >= 4 is 12.1 Å². The molecule has 1 aromatic heterocycles. The molecule has 0 saturated carbocycles. The van der Waals surface area contributed by atoms with Gasteiger partial charge in [0, 0.05) is 6.07 Å². The number of carbonyl (C=O) groups excluding carboxylic acids is 1. The van der Waals surface area contributed by atoms with Crippen LogP contribution in [-0.2, 0) is 0 Å². The van der Waals surface area contributed by atoms with Crippen LogP contribution in [0.15, 0.2) is 18.2 Å². The number of carbonyl (C=O) groups is 2. The average molecular weight is 182 g/mol. The molecule has 0 aliphatic carbocycles. The number of primary amides is 1. The zero-order chi connectivity index (χ0) is 9.84. The fourth-order valence-electron chi connectivity index (χ4n) is 0.698. The Morgan fingerprint density at radius 1 is 1.46 bits per heavy atom. The Morgan fingerprint density at radius 2 is 2.15 bits per heavy atom. The minimum Gasteiger partial charge on any atom is -0.449 e. The highest BCUT2D eigenvalue weighted by Gasteiger charge is 2.06. The van der Waals surface area contributed by atoms with Crippen LogP contribution in [0.1, 0.15) is 10.5 Å². The predicted molar refractivity (Wildman–Crippen MR) is 41.4 cm³/mol. The summed E-state index contributed by atoms with van der Waals surface area (Å²) >= 11 is 0. The molecule has 1 amide bonds. The number of pyridine rings is 1. The molecule has 68 valence electrons. The SMILES string of the molecule is NC(=O)c1cccc(OC(=O)O)n1. The lowest BCUT2D eigenvalue weighted by Gasteiger charge is -1.98. The summed E-state index contributed by atoms with van der Waals surface area (Å²) in [4.78, 5) is 24.2. The van der Waals surface area contributed by atoms with Crippen LogP contribution in [0.2, 0.25) is 0 Å². The summed E-state index contributed by atoms with van der Waals surface area (Å²) in [7, 11) is 0. The molecule has 0 spiro atoms. The van der Waals surface area contributed by atoms with Crippen LogP contribution in [0.4, 0.5) is 4.79 Å². The van der Waals surface area contributed by atoms with Crippen molar-refractivity contribution in [3.63, 3.8) is 0 Å². The Balaban J connectivity index is 2.91. The molecule has 0 bridgehead atoms. The Morgan fingerprint density at radius 3 is 2.69 bits per heavy atom. The monoisotopic (exact) mass is 182 g/mol. The first kappa shape index (κ1) is 8.98. The molecule has 0 atom stereocenters. The highest BCUT2D eigenvalue weighted by Crippen LogP contribution is 2.06. The molecular weight excluding hydrogens is 176 g/mol. The van der Waals surface area contributed by atoms with Crippen molar-refractivity contribution in [1.82, 2.24) is 4.98 Å². The van der Waals surface area contributed by atoms with E-state index in [-0.39, 0.29) is 11.6 Å². The summed E-state index contributed by atoms with van der Waals surface area (Å²) in [5.41, 5.74) is 4.87. The summed E-state index contributed by atoms with van der Waals surface area (Å²) in [6.45, 7) is 0. The Hall–Kier alpha value is -2.11. The Bertz CT molecular complexity index is 350. The molecular formula is C7H6N2O4. The van der Waals surface area contributed by atoms with Gasteiger partial charge in [-0.2, -0.15) is 0 Å². The van der Waals surface area contributed by atoms with E-state index in [1.807, 2.05) is 0 Å². The third kappa shape index (κ3) is 2.44. The Kier molecular flexibility index (Phi) is 2.44. The van der Waals surface area contributed by atoms with Crippen LogP contribution < -0.4 is 10.5 Å². The maximum atomic E-state index is 10.6. The molecule has 0 saturated heterocycles. The summed E-state index contributed by atoms with van der Waals surface area (Å²) < 4.78 is 4.20. The van der Waals surface area contributed by atoms with Gasteiger partial charge in [-0.15, -0.1) is 0 Å². The van der Waals surface area contributed by atoms with Crippen LogP contribution in [0.3, 0.4) is 0 Å². The number of rotatable bonds is 2. The maximum absolute atomic E-state index is 10.6. The molecule has 0 fully saturated rings. The van der Waals surface area contributed by atoms with E-state index in [1.165, 1.54) is 18.2 Å². The summed E-state index contributed by atoms with van der Waals surface area (Å²) in [6.07, 6.45) is -1.49. The fraction of sp³-hybridized carbons (Fsp3) is 0. The predicted octanol–water partition coefficient (Wildman–Crippen LogP) is 0.237. The molecule has 0 aromatic carbocycles. The molecule has 6 nitrogen and oxygen atoms in total. The maximum Gasteiger partial charge on any atom is 0.512 e. The van der Waals surface area contributed by atoms with E-state index >= 15 is 0 Å². The fourth-order valence-corrected chi connectivity index (χ4v) is 0.698. The normalized spacial score (nSPS) is 9.23. The number of nitrogens with two attached hydrogens (primary N) is 1. The molecule has 0 radical (unpaired) electrons. The van der Waals surface area contributed by atoms with Crippen LogP contribution in [0.5, 0.6) is 5.88 Å². The van der Waals surface area contributed by atoms with E-state index < -0.39 is 12.1 Å². The molecule has 1 heterocycles. The van der Waals surface area contributed by atoms with Crippen molar-refractivity contribution in [2.45, 2.75) is 0 Å². The molecule has 13 heavy (non-hydrogen) atoms. The molecule has 0 aliphatic rings. The van der Waals surface area contributed by atoms with E-state index in [0.717, 1.165) is 0 Å². The highest BCUT2D eigenvalue weighted by atomic mass is 16.7. The zero-order valence-corrected chi connectivity index (χ0v) is 6.43. The lowest BCUT2D eigenvalue weighted by atomic mass is 10.3. The van der Waals surface area contributed by atoms with Gasteiger partial charge in [0.25, 0.3) is 5.91 Å². The van der Waals surface area contributed by atoms with Gasteiger partial charge in [0.05, 0.1) is 0 Å². The van der Waals surface area contributed by atoms with E-state index in [1.54, 1.807) is 0 Å². The first-order chi connectivity index (χ1) is 6.09. The molecule has 0 unspecified atom stereocenters. The molecule has 6 heteroatoms. The quantitative estimate of drug-likeness (QED) is 0.637. The smallest absolute Gasteiger partial charge is 0.449 e. The number of hydrogen-bond acceptors (Lipinski definition) is 4. The number of amides is 1. The van der Waals surface area contributed by atoms with E-state index in [2.05, 4.69) is 9.72 Å². The number of hydrogen-bond donors (Lipinski definition) is 2. The molecule has 1 aromatic rings. The zero-order valence-electron chi connectivity index (χ0n) is 6.43. The van der Waals surface area contributed by atoms with Crippen LogP contribution in [0, 0.1) is 0 Å². The minimum absolute atomic E-state index is 0.0428. The second-order valence-corrected chi connectivity index (χ2v) is 2.09. The van der Waals surface area contributed by atoms with Gasteiger partial charge in [0.2, 0.25) is 5.88 Å². The topological polar surface area (TPSA) is 103 Å². The van der Waals surface area contributed by atoms with Crippen LogP contribution >= 0.6 is 0 Å². The lowest BCUT2D eigenvalue weighted by Crippen LogP contribution is -2.14. The summed E-state index contributed by atoms with van der Waals surface area (Å²) in [6, 6.07) is 4.09. The van der Waals surface area contributed by atoms with Gasteiger partial charge in [0.15, 0.2) is 0 Å². The summed E-state index contributed by atoms with van der Waals surface area (Å²) in [5.74, 6) is -0.917. The molecule has 3 N–H and O–H groups in total. The lowest BCUT2D eigenvalue weighted by molar-refractivity contribution is 0.0992. The number of carboxylic acid groups (broad SMARTS) is 1. The van der Waals surface area contributed by atoms with Gasteiger partial charge in [0.1, 0.15) is 5.69 Å². The van der Waals surface area contributed by atoms with Gasteiger partial charge >= 0.3 is 6.16 Å². The molecule has 1 rings (SSSR count). The van der Waals surface area contributed by atoms with E-state index in [9.17, 15) is 9.59 Å². The van der Waals surface area contributed by atoms with Crippen LogP contribution in [-0.4, -0.2) is 22.2 Å². The van der Waals surface area contributed by atoms with E-state index in [0.29, 0.717) is 0 Å². The van der Waals surface area contributed by atoms with Gasteiger partial charge < -0.3 is 15.6 Å². The second kappa shape index (κ2) is 3.53. The third-order valence-corrected chi connectivity index (χ3v) is 1.17. The van der Waals surface area contributed by atoms with Gasteiger partial charge in [-0.3, -0.25) is 4.79 Å². The van der Waals surface area contributed by atoms with Crippen molar-refractivity contribution < 1.29 is 19.4 Å².